The maximum absolute atomic E-state index is 4.37. The number of likely N-dealkylation sites (N-methyl/N-ethyl adjacent to an activating group) is 1. The van der Waals surface area contributed by atoms with Gasteiger partial charge in [-0.2, -0.15) is 0 Å². The van der Waals surface area contributed by atoms with Crippen LogP contribution in [0.15, 0.2) is 12.5 Å². The first kappa shape index (κ1) is 14.5. The molecular weight excluding hydrogens is 236 g/mol. The second-order valence-electron chi connectivity index (χ2n) is 6.70. The number of hydrogen-bond acceptors (Lipinski definition) is 3. The monoisotopic (exact) mass is 264 g/mol. The molecule has 2 heterocycles. The lowest BCUT2D eigenvalue weighted by Gasteiger charge is -2.35. The molecule has 0 spiro atoms. The van der Waals surface area contributed by atoms with Crippen LogP contribution in [0.4, 0.5) is 0 Å². The molecule has 1 aliphatic heterocycles. The van der Waals surface area contributed by atoms with Gasteiger partial charge in [-0.05, 0) is 54.1 Å². The standard InChI is InChI=1S/C15H28N4/c1-12-7-6-8-13(17-12)14-9-16-11-19(14)10-15(2,3)18(4)5/h9,11-13,17H,6-8,10H2,1-5H3. The summed E-state index contributed by atoms with van der Waals surface area (Å²) in [5.41, 5.74) is 1.47. The van der Waals surface area contributed by atoms with Crippen LogP contribution in [0.3, 0.4) is 0 Å². The molecule has 19 heavy (non-hydrogen) atoms. The molecular formula is C15H28N4. The maximum atomic E-state index is 4.37. The minimum Gasteiger partial charge on any atom is -0.331 e. The quantitative estimate of drug-likeness (QED) is 0.906. The predicted molar refractivity (Wildman–Crippen MR) is 79.2 cm³/mol. The van der Waals surface area contributed by atoms with Crippen molar-refractivity contribution in [2.24, 2.45) is 0 Å². The van der Waals surface area contributed by atoms with Gasteiger partial charge in [0, 0.05) is 30.4 Å². The third kappa shape index (κ3) is 3.37. The van der Waals surface area contributed by atoms with E-state index < -0.39 is 0 Å². The van der Waals surface area contributed by atoms with Gasteiger partial charge in [0.15, 0.2) is 0 Å². The first-order chi connectivity index (χ1) is 8.90. The molecule has 1 N–H and O–H groups in total. The second-order valence-corrected chi connectivity index (χ2v) is 6.70. The zero-order valence-corrected chi connectivity index (χ0v) is 13.0. The lowest BCUT2D eigenvalue weighted by molar-refractivity contribution is 0.166. The Bertz CT molecular complexity index is 408. The maximum Gasteiger partial charge on any atom is 0.0949 e. The molecule has 1 aromatic heterocycles. The smallest absolute Gasteiger partial charge is 0.0949 e. The molecule has 1 aliphatic rings. The van der Waals surface area contributed by atoms with Gasteiger partial charge in [0.2, 0.25) is 0 Å². The molecule has 108 valence electrons. The number of hydrogen-bond donors (Lipinski definition) is 1. The lowest BCUT2D eigenvalue weighted by atomic mass is 9.97. The van der Waals surface area contributed by atoms with E-state index in [1.54, 1.807) is 0 Å². The lowest BCUT2D eigenvalue weighted by Crippen LogP contribution is -2.43. The van der Waals surface area contributed by atoms with Crippen LogP contribution in [-0.2, 0) is 6.54 Å². The van der Waals surface area contributed by atoms with Gasteiger partial charge in [-0.3, -0.25) is 0 Å². The zero-order chi connectivity index (χ0) is 14.0. The van der Waals surface area contributed by atoms with Crippen LogP contribution in [0.25, 0.3) is 0 Å². The average Bonchev–Trinajstić information content (AvgIpc) is 2.76. The van der Waals surface area contributed by atoms with Gasteiger partial charge in [-0.1, -0.05) is 0 Å². The molecule has 1 saturated heterocycles. The third-order valence-electron chi connectivity index (χ3n) is 4.49. The highest BCUT2D eigenvalue weighted by Crippen LogP contribution is 2.26. The number of rotatable bonds is 4. The van der Waals surface area contributed by atoms with Crippen molar-refractivity contribution in [2.45, 2.75) is 64.2 Å². The number of imidazole rings is 1. The van der Waals surface area contributed by atoms with Crippen molar-refractivity contribution in [1.82, 2.24) is 19.8 Å². The van der Waals surface area contributed by atoms with Gasteiger partial charge in [-0.15, -0.1) is 0 Å². The van der Waals surface area contributed by atoms with Crippen molar-refractivity contribution in [1.29, 1.82) is 0 Å². The Kier molecular flexibility index (Phi) is 4.31. The third-order valence-corrected chi connectivity index (χ3v) is 4.49. The molecule has 4 nitrogen and oxygen atoms in total. The van der Waals surface area contributed by atoms with Crippen LogP contribution >= 0.6 is 0 Å². The van der Waals surface area contributed by atoms with Crippen LogP contribution in [0, 0.1) is 0 Å². The number of nitrogens with zero attached hydrogens (tertiary/aromatic N) is 3. The Hall–Kier alpha value is -0.870. The van der Waals surface area contributed by atoms with E-state index in [9.17, 15) is 0 Å². The molecule has 0 amide bonds. The Labute approximate surface area is 117 Å². The van der Waals surface area contributed by atoms with Gasteiger partial charge in [-0.25, -0.2) is 4.98 Å². The normalized spacial score (nSPS) is 24.9. The summed E-state index contributed by atoms with van der Waals surface area (Å²) in [4.78, 5) is 6.64. The molecule has 1 fully saturated rings. The highest BCUT2D eigenvalue weighted by Gasteiger charge is 2.26. The van der Waals surface area contributed by atoms with E-state index in [1.165, 1.54) is 25.0 Å². The van der Waals surface area contributed by atoms with E-state index in [-0.39, 0.29) is 5.54 Å². The number of piperidine rings is 1. The fourth-order valence-corrected chi connectivity index (χ4v) is 2.68. The van der Waals surface area contributed by atoms with Gasteiger partial charge in [0.1, 0.15) is 0 Å². The van der Waals surface area contributed by atoms with E-state index in [0.29, 0.717) is 12.1 Å². The largest absolute Gasteiger partial charge is 0.331 e. The van der Waals surface area contributed by atoms with Crippen LogP contribution < -0.4 is 5.32 Å². The first-order valence-corrected chi connectivity index (χ1v) is 7.33. The van der Waals surface area contributed by atoms with Crippen LogP contribution in [-0.4, -0.2) is 40.1 Å². The molecule has 2 atom stereocenters. The van der Waals surface area contributed by atoms with Gasteiger partial charge in [0.25, 0.3) is 0 Å². The molecule has 0 aliphatic carbocycles. The van der Waals surface area contributed by atoms with Crippen molar-refractivity contribution >= 4 is 0 Å². The predicted octanol–water partition coefficient (Wildman–Crippen LogP) is 2.43. The van der Waals surface area contributed by atoms with Gasteiger partial charge < -0.3 is 14.8 Å². The molecule has 0 aromatic carbocycles. The van der Waals surface area contributed by atoms with Crippen molar-refractivity contribution in [3.8, 4) is 0 Å². The summed E-state index contributed by atoms with van der Waals surface area (Å²) >= 11 is 0. The van der Waals surface area contributed by atoms with Crippen molar-refractivity contribution in [3.05, 3.63) is 18.2 Å². The van der Waals surface area contributed by atoms with E-state index in [0.717, 1.165) is 6.54 Å². The minimum atomic E-state index is 0.135. The van der Waals surface area contributed by atoms with Gasteiger partial charge >= 0.3 is 0 Å². The van der Waals surface area contributed by atoms with E-state index in [2.05, 4.69) is 54.6 Å². The first-order valence-electron chi connectivity index (χ1n) is 7.33. The molecule has 2 rings (SSSR count). The second kappa shape index (κ2) is 5.63. The van der Waals surface area contributed by atoms with E-state index >= 15 is 0 Å². The molecule has 0 radical (unpaired) electrons. The fraction of sp³-hybridized carbons (Fsp3) is 0.800. The Morgan fingerprint density at radius 2 is 2.16 bits per heavy atom. The summed E-state index contributed by atoms with van der Waals surface area (Å²) in [5.74, 6) is 0. The van der Waals surface area contributed by atoms with Crippen molar-refractivity contribution < 1.29 is 0 Å². The molecule has 4 heteroatoms. The summed E-state index contributed by atoms with van der Waals surface area (Å²) in [5, 5.41) is 3.70. The fourth-order valence-electron chi connectivity index (χ4n) is 2.68. The van der Waals surface area contributed by atoms with Gasteiger partial charge in [0.05, 0.1) is 12.0 Å². The highest BCUT2D eigenvalue weighted by molar-refractivity contribution is 5.08. The molecule has 0 bridgehead atoms. The highest BCUT2D eigenvalue weighted by atomic mass is 15.2. The molecule has 0 saturated carbocycles. The van der Waals surface area contributed by atoms with Crippen molar-refractivity contribution in [3.63, 3.8) is 0 Å². The van der Waals surface area contributed by atoms with Crippen LogP contribution in [0.1, 0.15) is 51.8 Å². The summed E-state index contributed by atoms with van der Waals surface area (Å²) in [6.45, 7) is 7.79. The van der Waals surface area contributed by atoms with Crippen molar-refractivity contribution in [2.75, 3.05) is 14.1 Å². The number of aromatic nitrogens is 2. The Morgan fingerprint density at radius 1 is 1.42 bits per heavy atom. The topological polar surface area (TPSA) is 33.1 Å². The number of nitrogens with one attached hydrogen (secondary N) is 1. The summed E-state index contributed by atoms with van der Waals surface area (Å²) in [6, 6.07) is 1.08. The summed E-state index contributed by atoms with van der Waals surface area (Å²) < 4.78 is 2.32. The summed E-state index contributed by atoms with van der Waals surface area (Å²) in [6.07, 6.45) is 7.82. The van der Waals surface area contributed by atoms with E-state index in [1.807, 2.05) is 12.5 Å². The zero-order valence-electron chi connectivity index (χ0n) is 13.0. The molecule has 1 aromatic rings. The van der Waals surface area contributed by atoms with Crippen LogP contribution in [0.2, 0.25) is 0 Å². The average molecular weight is 264 g/mol. The minimum absolute atomic E-state index is 0.135. The SMILES string of the molecule is CC1CCCC(c2cncn2CC(C)(C)N(C)C)N1. The Balaban J connectivity index is 2.13. The van der Waals surface area contributed by atoms with E-state index in [4.69, 9.17) is 0 Å². The summed E-state index contributed by atoms with van der Waals surface area (Å²) in [7, 11) is 4.27. The Morgan fingerprint density at radius 3 is 2.79 bits per heavy atom. The molecule has 2 unspecified atom stereocenters. The van der Waals surface area contributed by atoms with Crippen LogP contribution in [0.5, 0.6) is 0 Å².